The number of fused-ring (bicyclic) bond motifs is 2. The fourth-order valence-corrected chi connectivity index (χ4v) is 2.88. The van der Waals surface area contributed by atoms with Gasteiger partial charge in [-0.3, -0.25) is 9.20 Å². The van der Waals surface area contributed by atoms with E-state index in [1.54, 1.807) is 19.1 Å². The minimum absolute atomic E-state index is 0.232. The van der Waals surface area contributed by atoms with Crippen molar-refractivity contribution in [3.8, 4) is 11.4 Å². The third kappa shape index (κ3) is 3.16. The van der Waals surface area contributed by atoms with Crippen molar-refractivity contribution in [2.24, 2.45) is 0 Å². The molecule has 6 nitrogen and oxygen atoms in total. The average Bonchev–Trinajstić information content (AvgIpc) is 3.01. The summed E-state index contributed by atoms with van der Waals surface area (Å²) in [4.78, 5) is 18.5. The van der Waals surface area contributed by atoms with Crippen LogP contribution in [-0.2, 0) is 0 Å². The first-order valence-electron chi connectivity index (χ1n) is 7.95. The van der Waals surface area contributed by atoms with E-state index in [1.165, 1.54) is 15.2 Å². The van der Waals surface area contributed by atoms with Crippen molar-refractivity contribution in [3.05, 3.63) is 64.7 Å². The van der Waals surface area contributed by atoms with Gasteiger partial charge in [0.1, 0.15) is 12.4 Å². The third-order valence-corrected chi connectivity index (χ3v) is 4.23. The van der Waals surface area contributed by atoms with Crippen LogP contribution in [0.25, 0.3) is 11.5 Å². The summed E-state index contributed by atoms with van der Waals surface area (Å²) in [6.07, 6.45) is 1.53. The van der Waals surface area contributed by atoms with Gasteiger partial charge >= 0.3 is 0 Å². The molecule has 0 unspecified atom stereocenters. The van der Waals surface area contributed by atoms with Crippen LogP contribution in [0.5, 0.6) is 5.75 Å². The quantitative estimate of drug-likeness (QED) is 0.611. The van der Waals surface area contributed by atoms with Gasteiger partial charge in [-0.1, -0.05) is 6.58 Å². The van der Waals surface area contributed by atoms with E-state index < -0.39 is 18.4 Å². The van der Waals surface area contributed by atoms with Crippen molar-refractivity contribution >= 4 is 11.5 Å². The number of imidazole rings is 1. The van der Waals surface area contributed by atoms with Crippen molar-refractivity contribution in [3.63, 3.8) is 0 Å². The predicted octanol–water partition coefficient (Wildman–Crippen LogP) is 3.16. The molecule has 1 aromatic carbocycles. The molecule has 142 valence electrons. The molecule has 0 fully saturated rings. The number of hydrogen-bond donors (Lipinski definition) is 0. The number of aromatic nitrogens is 3. The lowest BCUT2D eigenvalue weighted by atomic mass is 10.2. The summed E-state index contributed by atoms with van der Waals surface area (Å²) in [5, 5.41) is 0. The number of ether oxygens (including phenoxy) is 1. The number of benzene rings is 1. The van der Waals surface area contributed by atoms with Gasteiger partial charge in [0, 0.05) is 18.4 Å². The van der Waals surface area contributed by atoms with E-state index in [4.69, 9.17) is 4.74 Å². The van der Waals surface area contributed by atoms with Crippen LogP contribution in [0.1, 0.15) is 5.69 Å². The van der Waals surface area contributed by atoms with E-state index in [0.717, 1.165) is 17.5 Å². The summed E-state index contributed by atoms with van der Waals surface area (Å²) in [6.45, 7) is 4.35. The standard InChI is InChI=1S/C17H15FN4O2.CH2F2/c1-10-8-19-17-21(10)15(18)7-16(23)22(17)12-4-5-14-13(6-12)20(3)11(2)9-24-14;2-1-3/h4-8H,2,9H2,1,3H3;1H2. The van der Waals surface area contributed by atoms with Gasteiger partial charge in [-0.2, -0.15) is 4.39 Å². The SMILES string of the molecule is C=C1COc2ccc(-n3c(=O)cc(F)n4c(C)cnc34)cc2N1C.FCF. The lowest BCUT2D eigenvalue weighted by Gasteiger charge is -2.30. The van der Waals surface area contributed by atoms with Gasteiger partial charge in [0.2, 0.25) is 18.7 Å². The molecule has 1 aliphatic rings. The highest BCUT2D eigenvalue weighted by molar-refractivity contribution is 5.67. The molecule has 3 aromatic rings. The second kappa shape index (κ2) is 7.18. The second-order valence-electron chi connectivity index (χ2n) is 5.84. The van der Waals surface area contributed by atoms with Crippen LogP contribution in [0.15, 0.2) is 47.5 Å². The molecule has 0 N–H and O–H groups in total. The summed E-state index contributed by atoms with van der Waals surface area (Å²) in [5.74, 6) is 0.308. The summed E-state index contributed by atoms with van der Waals surface area (Å²) in [6, 6.07) is 6.31. The Bertz CT molecular complexity index is 1070. The molecule has 0 saturated heterocycles. The fourth-order valence-electron chi connectivity index (χ4n) is 2.88. The summed E-state index contributed by atoms with van der Waals surface area (Å²) >= 11 is 0. The molecule has 0 spiro atoms. The maximum absolute atomic E-state index is 14.1. The van der Waals surface area contributed by atoms with Crippen molar-refractivity contribution < 1.29 is 17.9 Å². The number of anilines is 1. The highest BCUT2D eigenvalue weighted by Gasteiger charge is 2.20. The third-order valence-electron chi connectivity index (χ3n) is 4.23. The minimum Gasteiger partial charge on any atom is -0.485 e. The fraction of sp³-hybridized carbons (Fsp3) is 0.222. The Labute approximate surface area is 152 Å². The molecule has 0 radical (unpaired) electrons. The van der Waals surface area contributed by atoms with Crippen molar-refractivity contribution in [1.29, 1.82) is 0 Å². The molecular formula is C18H17F3N4O2. The molecule has 27 heavy (non-hydrogen) atoms. The lowest BCUT2D eigenvalue weighted by molar-refractivity contribution is 0.295. The summed E-state index contributed by atoms with van der Waals surface area (Å²) in [5.41, 5.74) is 2.32. The zero-order chi connectivity index (χ0) is 19.7. The van der Waals surface area contributed by atoms with E-state index in [0.29, 0.717) is 23.7 Å². The normalized spacial score (nSPS) is 13.1. The van der Waals surface area contributed by atoms with Gasteiger partial charge in [-0.15, -0.1) is 0 Å². The van der Waals surface area contributed by atoms with Gasteiger partial charge in [0.05, 0.1) is 23.6 Å². The molecule has 4 rings (SSSR count). The number of likely N-dealkylation sites (N-methyl/N-ethyl adjacent to an activating group) is 1. The molecule has 0 bridgehead atoms. The molecule has 1 aliphatic heterocycles. The highest BCUT2D eigenvalue weighted by Crippen LogP contribution is 2.35. The highest BCUT2D eigenvalue weighted by atomic mass is 19.3. The van der Waals surface area contributed by atoms with Crippen LogP contribution in [0.3, 0.4) is 0 Å². The first-order valence-corrected chi connectivity index (χ1v) is 7.95. The molecule has 0 atom stereocenters. The first-order chi connectivity index (χ1) is 12.9. The Kier molecular flexibility index (Phi) is 4.93. The molecule has 0 saturated carbocycles. The number of hydrogen-bond acceptors (Lipinski definition) is 4. The maximum atomic E-state index is 14.1. The van der Waals surface area contributed by atoms with E-state index in [2.05, 4.69) is 11.6 Å². The molecule has 2 aromatic heterocycles. The molecule has 0 aliphatic carbocycles. The van der Waals surface area contributed by atoms with Crippen LogP contribution >= 0.6 is 0 Å². The molecule has 9 heteroatoms. The number of halogens is 3. The predicted molar refractivity (Wildman–Crippen MR) is 95.6 cm³/mol. The zero-order valence-electron chi connectivity index (χ0n) is 14.7. The van der Waals surface area contributed by atoms with Crippen molar-refractivity contribution in [2.75, 3.05) is 25.5 Å². The van der Waals surface area contributed by atoms with Crippen LogP contribution in [0, 0.1) is 12.9 Å². The van der Waals surface area contributed by atoms with Crippen molar-refractivity contribution in [2.45, 2.75) is 6.92 Å². The maximum Gasteiger partial charge on any atom is 0.262 e. The van der Waals surface area contributed by atoms with Crippen LogP contribution in [0.4, 0.5) is 18.9 Å². The van der Waals surface area contributed by atoms with Gasteiger partial charge in [-0.25, -0.2) is 18.3 Å². The van der Waals surface area contributed by atoms with Crippen LogP contribution in [-0.4, -0.2) is 34.5 Å². The molecule has 0 amide bonds. The van der Waals surface area contributed by atoms with Gasteiger partial charge in [0.25, 0.3) is 5.56 Å². The Morgan fingerprint density at radius 2 is 2.00 bits per heavy atom. The van der Waals surface area contributed by atoms with Gasteiger partial charge in [0.15, 0.2) is 0 Å². The minimum atomic E-state index is -1.75. The Hall–Kier alpha value is -3.23. The summed E-state index contributed by atoms with van der Waals surface area (Å²) < 4.78 is 41.7. The van der Waals surface area contributed by atoms with E-state index in [1.807, 2.05) is 18.0 Å². The van der Waals surface area contributed by atoms with Crippen LogP contribution in [0.2, 0.25) is 0 Å². The number of nitrogens with zero attached hydrogens (tertiary/aromatic N) is 4. The second-order valence-corrected chi connectivity index (χ2v) is 5.84. The Morgan fingerprint density at radius 1 is 1.30 bits per heavy atom. The van der Waals surface area contributed by atoms with Gasteiger partial charge in [-0.05, 0) is 25.1 Å². The first kappa shape index (κ1) is 18.6. The number of aryl methyl sites for hydroxylation is 1. The Morgan fingerprint density at radius 3 is 2.70 bits per heavy atom. The molecular weight excluding hydrogens is 361 g/mol. The largest absolute Gasteiger partial charge is 0.485 e. The lowest BCUT2D eigenvalue weighted by Crippen LogP contribution is -2.27. The number of alkyl halides is 2. The Balaban J connectivity index is 0.000000659. The van der Waals surface area contributed by atoms with Crippen LogP contribution < -0.4 is 15.2 Å². The monoisotopic (exact) mass is 378 g/mol. The van der Waals surface area contributed by atoms with E-state index >= 15 is 0 Å². The smallest absolute Gasteiger partial charge is 0.262 e. The number of rotatable bonds is 1. The zero-order valence-corrected chi connectivity index (χ0v) is 14.7. The topological polar surface area (TPSA) is 51.8 Å². The van der Waals surface area contributed by atoms with Crippen molar-refractivity contribution in [1.82, 2.24) is 14.0 Å². The van der Waals surface area contributed by atoms with E-state index in [9.17, 15) is 18.0 Å². The van der Waals surface area contributed by atoms with Gasteiger partial charge < -0.3 is 9.64 Å². The van der Waals surface area contributed by atoms with E-state index in [-0.39, 0.29) is 5.78 Å². The summed E-state index contributed by atoms with van der Waals surface area (Å²) in [7, 11) is 1.89. The average molecular weight is 378 g/mol. The molecule has 3 heterocycles.